The van der Waals surface area contributed by atoms with E-state index < -0.39 is 23.3 Å². The van der Waals surface area contributed by atoms with Crippen LogP contribution in [0.5, 0.6) is 5.75 Å². The summed E-state index contributed by atoms with van der Waals surface area (Å²) in [5, 5.41) is 13.8. The summed E-state index contributed by atoms with van der Waals surface area (Å²) >= 11 is 0. The topological polar surface area (TPSA) is 83.9 Å². The molecule has 0 spiro atoms. The van der Waals surface area contributed by atoms with E-state index in [0.717, 1.165) is 96.2 Å². The summed E-state index contributed by atoms with van der Waals surface area (Å²) in [5.74, 6) is -1.20. The first-order chi connectivity index (χ1) is 19.9. The number of nitrogens with one attached hydrogen (secondary N) is 1. The number of aliphatic carboxylic acids is 1. The highest BCUT2D eigenvalue weighted by molar-refractivity contribution is 5.78. The lowest BCUT2D eigenvalue weighted by Crippen LogP contribution is -2.38. The van der Waals surface area contributed by atoms with Gasteiger partial charge in [-0.2, -0.15) is 0 Å². The van der Waals surface area contributed by atoms with E-state index in [2.05, 4.69) is 22.3 Å². The maximum Gasteiger partial charge on any atom is 0.311 e. The Morgan fingerprint density at radius 1 is 1.22 bits per heavy atom. The van der Waals surface area contributed by atoms with Crippen molar-refractivity contribution in [2.24, 2.45) is 5.92 Å². The average Bonchev–Trinajstić information content (AvgIpc) is 2.98. The van der Waals surface area contributed by atoms with E-state index >= 15 is 4.39 Å². The lowest BCUT2D eigenvalue weighted by molar-refractivity contribution is -0.140. The van der Waals surface area contributed by atoms with Crippen LogP contribution in [0.3, 0.4) is 0 Å². The third kappa shape index (κ3) is 7.03. The van der Waals surface area contributed by atoms with Crippen molar-refractivity contribution < 1.29 is 23.8 Å². The molecular weight excluding hydrogens is 521 g/mol. The van der Waals surface area contributed by atoms with Crippen LogP contribution in [-0.2, 0) is 28.0 Å². The largest absolute Gasteiger partial charge is 0.493 e. The molecule has 4 heterocycles. The van der Waals surface area contributed by atoms with Gasteiger partial charge < -0.3 is 24.8 Å². The fraction of sp³-hybridized carbons (Fsp3) is 0.636. The number of aryl methyl sites for hydroxylation is 2. The van der Waals surface area contributed by atoms with Crippen LogP contribution in [0.25, 0.3) is 0 Å². The molecule has 1 aromatic carbocycles. The molecule has 2 N–H and O–H groups in total. The molecule has 0 amide bonds. The summed E-state index contributed by atoms with van der Waals surface area (Å²) in [7, 11) is 1.42. The number of anilines is 1. The van der Waals surface area contributed by atoms with Gasteiger partial charge in [0.05, 0.1) is 18.6 Å². The molecule has 2 atom stereocenters. The number of hydrogen-bond acceptors (Lipinski definition) is 6. The van der Waals surface area contributed by atoms with Gasteiger partial charge in [0.2, 0.25) is 0 Å². The second-order valence-electron chi connectivity index (χ2n) is 12.3. The van der Waals surface area contributed by atoms with Crippen molar-refractivity contribution in [3.63, 3.8) is 0 Å². The molecule has 8 heteroatoms. The quantitative estimate of drug-likeness (QED) is 0.309. The highest BCUT2D eigenvalue weighted by atomic mass is 19.1. The number of likely N-dealkylation sites (tertiary alicyclic amines) is 1. The first-order valence-corrected chi connectivity index (χ1v) is 15.6. The number of ether oxygens (including phenoxy) is 2. The zero-order valence-corrected chi connectivity index (χ0v) is 24.7. The van der Waals surface area contributed by atoms with Crippen molar-refractivity contribution in [1.29, 1.82) is 0 Å². The summed E-state index contributed by atoms with van der Waals surface area (Å²) in [4.78, 5) is 19.9. The number of benzene rings is 1. The van der Waals surface area contributed by atoms with Crippen LogP contribution in [-0.4, -0.2) is 60.9 Å². The van der Waals surface area contributed by atoms with Crippen LogP contribution in [0.2, 0.25) is 0 Å². The number of fused-ring (bicyclic) bond motifs is 1. The molecular formula is C33H46FN3O4. The summed E-state index contributed by atoms with van der Waals surface area (Å²) in [6, 6.07) is 7.71. The molecule has 7 nitrogen and oxygen atoms in total. The summed E-state index contributed by atoms with van der Waals surface area (Å²) in [6.45, 7) is 6.36. The number of nitrogens with zero attached hydrogens (tertiary/aromatic N) is 2. The average molecular weight is 568 g/mol. The third-order valence-electron chi connectivity index (χ3n) is 9.42. The monoisotopic (exact) mass is 567 g/mol. The number of carboxylic acid groups (broad SMARTS) is 1. The van der Waals surface area contributed by atoms with Crippen molar-refractivity contribution in [2.45, 2.75) is 89.1 Å². The molecule has 1 aromatic heterocycles. The standard InChI is InChI=1S/C33H46FN3O4/c1-33(15-5-7-20-41-33)25-21-27(30(40-2)28(34)22-25)29(32(38)39)23-13-18-37(19-14-23)17-6-3-4-10-26-12-11-24-9-8-16-35-31(24)36-26/h11-12,21-23,29H,3-10,13-20H2,1-2H3,(H,35,36)(H,38,39)/t29-,33+/m0/s1. The van der Waals surface area contributed by atoms with Crippen molar-refractivity contribution in [3.05, 3.63) is 52.5 Å². The van der Waals surface area contributed by atoms with Crippen LogP contribution in [0.1, 0.15) is 93.0 Å². The summed E-state index contributed by atoms with van der Waals surface area (Å²) < 4.78 is 26.8. The number of piperidine rings is 1. The number of methoxy groups -OCH3 is 1. The van der Waals surface area contributed by atoms with Gasteiger partial charge in [0.25, 0.3) is 0 Å². The Balaban J connectivity index is 1.15. The van der Waals surface area contributed by atoms with Crippen LogP contribution in [0.4, 0.5) is 10.2 Å². The smallest absolute Gasteiger partial charge is 0.311 e. The van der Waals surface area contributed by atoms with E-state index in [1.54, 1.807) is 0 Å². The molecule has 224 valence electrons. The first kappa shape index (κ1) is 29.8. The van der Waals surface area contributed by atoms with Gasteiger partial charge >= 0.3 is 5.97 Å². The number of rotatable bonds is 11. The minimum Gasteiger partial charge on any atom is -0.493 e. The van der Waals surface area contributed by atoms with Crippen molar-refractivity contribution >= 4 is 11.8 Å². The Morgan fingerprint density at radius 2 is 2.05 bits per heavy atom. The van der Waals surface area contributed by atoms with E-state index in [1.807, 2.05) is 13.0 Å². The van der Waals surface area contributed by atoms with Crippen LogP contribution in [0, 0.1) is 11.7 Å². The minimum absolute atomic E-state index is 0.0483. The van der Waals surface area contributed by atoms with Gasteiger partial charge in [-0.15, -0.1) is 0 Å². The van der Waals surface area contributed by atoms with Gasteiger partial charge in [-0.25, -0.2) is 9.37 Å². The maximum absolute atomic E-state index is 15.3. The van der Waals surface area contributed by atoms with Gasteiger partial charge in [0.15, 0.2) is 11.6 Å². The van der Waals surface area contributed by atoms with E-state index in [1.165, 1.54) is 30.9 Å². The molecule has 3 aliphatic heterocycles. The molecule has 5 rings (SSSR count). The number of hydrogen-bond donors (Lipinski definition) is 2. The summed E-state index contributed by atoms with van der Waals surface area (Å²) in [6.07, 6.45) is 11.0. The van der Waals surface area contributed by atoms with E-state index in [-0.39, 0.29) is 11.7 Å². The van der Waals surface area contributed by atoms with E-state index in [9.17, 15) is 9.90 Å². The van der Waals surface area contributed by atoms with Crippen LogP contribution >= 0.6 is 0 Å². The fourth-order valence-electron chi connectivity index (χ4n) is 6.95. The van der Waals surface area contributed by atoms with E-state index in [4.69, 9.17) is 14.5 Å². The first-order valence-electron chi connectivity index (χ1n) is 15.6. The molecule has 0 saturated carbocycles. The Kier molecular flexibility index (Phi) is 9.81. The Morgan fingerprint density at radius 3 is 2.78 bits per heavy atom. The predicted molar refractivity (Wildman–Crippen MR) is 158 cm³/mol. The van der Waals surface area contributed by atoms with Gasteiger partial charge in [0, 0.05) is 24.4 Å². The molecule has 2 saturated heterocycles. The Labute approximate surface area is 243 Å². The van der Waals surface area contributed by atoms with Crippen molar-refractivity contribution in [3.8, 4) is 5.75 Å². The Hall–Kier alpha value is -2.71. The van der Waals surface area contributed by atoms with Crippen LogP contribution < -0.4 is 10.1 Å². The van der Waals surface area contributed by atoms with Gasteiger partial charge in [-0.3, -0.25) is 4.79 Å². The second kappa shape index (κ2) is 13.5. The maximum atomic E-state index is 15.3. The molecule has 0 unspecified atom stereocenters. The minimum atomic E-state index is -0.918. The van der Waals surface area contributed by atoms with E-state index in [0.29, 0.717) is 17.7 Å². The van der Waals surface area contributed by atoms with Gasteiger partial charge in [-0.05, 0) is 126 Å². The molecule has 0 aliphatic carbocycles. The summed E-state index contributed by atoms with van der Waals surface area (Å²) in [5.41, 5.74) is 3.03. The van der Waals surface area contributed by atoms with Crippen molar-refractivity contribution in [2.75, 3.05) is 45.2 Å². The molecule has 0 bridgehead atoms. The third-order valence-corrected chi connectivity index (χ3v) is 9.42. The zero-order valence-electron chi connectivity index (χ0n) is 24.7. The highest BCUT2D eigenvalue weighted by Crippen LogP contribution is 2.43. The predicted octanol–water partition coefficient (Wildman–Crippen LogP) is 6.30. The number of carbonyl (C=O) groups is 1. The normalized spacial score (nSPS) is 22.5. The molecule has 0 radical (unpaired) electrons. The number of halogens is 1. The molecule has 41 heavy (non-hydrogen) atoms. The van der Waals surface area contributed by atoms with Crippen molar-refractivity contribution in [1.82, 2.24) is 9.88 Å². The fourth-order valence-corrected chi connectivity index (χ4v) is 6.95. The Bertz CT molecular complexity index is 1190. The van der Waals surface area contributed by atoms with Gasteiger partial charge in [0.1, 0.15) is 5.82 Å². The second-order valence-corrected chi connectivity index (χ2v) is 12.3. The number of pyridine rings is 1. The molecule has 2 fully saturated rings. The number of aromatic nitrogens is 1. The lowest BCUT2D eigenvalue weighted by Gasteiger charge is -2.37. The van der Waals surface area contributed by atoms with Gasteiger partial charge in [-0.1, -0.05) is 12.5 Å². The highest BCUT2D eigenvalue weighted by Gasteiger charge is 2.38. The van der Waals surface area contributed by atoms with Crippen LogP contribution in [0.15, 0.2) is 24.3 Å². The SMILES string of the molecule is COc1c(F)cc([C@@]2(C)CCCCO2)cc1[C@@H](C(=O)O)C1CCN(CCCCCc2ccc3c(n2)NCCC3)CC1. The molecule has 2 aromatic rings. The molecule has 3 aliphatic rings. The zero-order chi connectivity index (χ0) is 28.8. The number of carboxylic acids is 1. The lowest BCUT2D eigenvalue weighted by atomic mass is 9.77. The number of unbranched alkanes of at least 4 members (excludes halogenated alkanes) is 2.